The van der Waals surface area contributed by atoms with Gasteiger partial charge in [0.15, 0.2) is 27.3 Å². The lowest BCUT2D eigenvalue weighted by Gasteiger charge is -2.15. The normalized spacial score (nSPS) is 12.0. The van der Waals surface area contributed by atoms with Gasteiger partial charge in [-0.05, 0) is 18.2 Å². The first-order valence-electron chi connectivity index (χ1n) is 10.5. The third kappa shape index (κ3) is 5.97. The summed E-state index contributed by atoms with van der Waals surface area (Å²) in [6.45, 7) is 2.42. The fourth-order valence-corrected chi connectivity index (χ4v) is 4.54. The van der Waals surface area contributed by atoms with Crippen LogP contribution in [0.4, 0.5) is 27.1 Å². The topological polar surface area (TPSA) is 77.8 Å². The van der Waals surface area contributed by atoms with E-state index in [4.69, 9.17) is 4.74 Å². The smallest absolute Gasteiger partial charge is 0.434 e. The summed E-state index contributed by atoms with van der Waals surface area (Å²) in [6, 6.07) is 4.38. The summed E-state index contributed by atoms with van der Waals surface area (Å²) >= 11 is 1.87. The lowest BCUT2D eigenvalue weighted by Crippen LogP contribution is -2.15. The average molecular weight is 557 g/mol. The van der Waals surface area contributed by atoms with Crippen molar-refractivity contribution in [1.82, 2.24) is 14.4 Å². The van der Waals surface area contributed by atoms with Crippen molar-refractivity contribution in [2.45, 2.75) is 26.1 Å². The fourth-order valence-electron chi connectivity index (χ4n) is 3.11. The number of carbonyl (C=O) groups excluding carboxylic acids is 1. The van der Waals surface area contributed by atoms with Gasteiger partial charge in [-0.25, -0.2) is 9.97 Å². The molecule has 4 aromatic rings. The molecule has 0 aliphatic rings. The van der Waals surface area contributed by atoms with Crippen LogP contribution in [0.5, 0.6) is 11.5 Å². The number of nitrogens with one attached hydrogen (secondary N) is 1. The van der Waals surface area contributed by atoms with E-state index in [2.05, 4.69) is 26.6 Å². The Labute approximate surface area is 214 Å². The number of nitrogens with zero attached hydrogens (tertiary/aromatic N) is 3. The van der Waals surface area contributed by atoms with Crippen molar-refractivity contribution < 1.29 is 36.2 Å². The third-order valence-electron chi connectivity index (χ3n) is 4.81. The van der Waals surface area contributed by atoms with Crippen molar-refractivity contribution in [3.05, 3.63) is 70.1 Å². The molecule has 4 rings (SSSR count). The van der Waals surface area contributed by atoms with Gasteiger partial charge in [0.25, 0.3) is 5.91 Å². The molecule has 0 saturated carbocycles. The predicted octanol–water partition coefficient (Wildman–Crippen LogP) is 7.20. The molecule has 7 nitrogen and oxygen atoms in total. The number of halogens is 5. The number of fused-ring (bicyclic) bond motifs is 1. The van der Waals surface area contributed by atoms with E-state index in [-0.39, 0.29) is 28.0 Å². The summed E-state index contributed by atoms with van der Waals surface area (Å²) in [5.41, 5.74) is -0.562. The lowest BCUT2D eigenvalue weighted by molar-refractivity contribution is -0.140. The molecule has 0 aliphatic carbocycles. The van der Waals surface area contributed by atoms with Crippen molar-refractivity contribution in [2.75, 3.05) is 5.32 Å². The van der Waals surface area contributed by atoms with Crippen LogP contribution in [-0.4, -0.2) is 26.9 Å². The highest BCUT2D eigenvalue weighted by Crippen LogP contribution is 2.36. The summed E-state index contributed by atoms with van der Waals surface area (Å²) in [5, 5.41) is 4.62. The number of amides is 1. The van der Waals surface area contributed by atoms with Crippen LogP contribution in [0, 0.1) is 0 Å². The van der Waals surface area contributed by atoms with Crippen molar-refractivity contribution in [3.8, 4) is 11.5 Å². The van der Waals surface area contributed by atoms with Gasteiger partial charge >= 0.3 is 12.8 Å². The van der Waals surface area contributed by atoms with Crippen LogP contribution in [0.3, 0.4) is 0 Å². The Morgan fingerprint density at radius 3 is 2.70 bits per heavy atom. The Morgan fingerprint density at radius 2 is 2.03 bits per heavy atom. The fraction of sp³-hybridized carbons (Fsp3) is 0.174. The molecule has 0 bridgehead atoms. The summed E-state index contributed by atoms with van der Waals surface area (Å²) < 4.78 is 76.2. The number of aromatic nitrogens is 3. The molecular weight excluding hydrogens is 539 g/mol. The molecule has 0 aliphatic heterocycles. The second-order valence-electron chi connectivity index (χ2n) is 7.27. The van der Waals surface area contributed by atoms with E-state index in [0.717, 1.165) is 5.38 Å². The molecule has 1 amide bonds. The Balaban J connectivity index is 1.69. The zero-order valence-corrected chi connectivity index (χ0v) is 20.5. The Bertz CT molecular complexity index is 1470. The monoisotopic (exact) mass is 556 g/mol. The number of allylic oxidation sites excluding steroid dienone is 1. The van der Waals surface area contributed by atoms with Gasteiger partial charge < -0.3 is 9.47 Å². The maximum atomic E-state index is 13.0. The molecule has 0 atom stereocenters. The number of carbonyl (C=O) groups is 1. The highest BCUT2D eigenvalue weighted by molar-refractivity contribution is 7.15. The van der Waals surface area contributed by atoms with E-state index in [0.29, 0.717) is 34.0 Å². The Hall–Kier alpha value is -3.78. The van der Waals surface area contributed by atoms with E-state index in [1.165, 1.54) is 40.0 Å². The number of imidazole rings is 1. The van der Waals surface area contributed by atoms with E-state index in [1.807, 2.05) is 0 Å². The number of alkyl halides is 5. The van der Waals surface area contributed by atoms with Crippen LogP contribution in [0.1, 0.15) is 40.8 Å². The molecule has 37 heavy (non-hydrogen) atoms. The van der Waals surface area contributed by atoms with Crippen LogP contribution in [-0.2, 0) is 6.18 Å². The highest BCUT2D eigenvalue weighted by atomic mass is 32.1. The number of ether oxygens (including phenoxy) is 2. The molecule has 0 saturated heterocycles. The summed E-state index contributed by atoms with van der Waals surface area (Å²) in [4.78, 5) is 21.3. The largest absolute Gasteiger partial charge is 0.458 e. The quantitative estimate of drug-likeness (QED) is 0.174. The van der Waals surface area contributed by atoms with Gasteiger partial charge in [0, 0.05) is 28.9 Å². The van der Waals surface area contributed by atoms with Gasteiger partial charge in [-0.3, -0.25) is 14.5 Å². The molecule has 0 unspecified atom stereocenters. The van der Waals surface area contributed by atoms with Crippen LogP contribution >= 0.6 is 22.7 Å². The van der Waals surface area contributed by atoms with Crippen molar-refractivity contribution in [3.63, 3.8) is 0 Å². The molecular formula is C23H17F5N4O3S2. The summed E-state index contributed by atoms with van der Waals surface area (Å²) in [7, 11) is 0. The van der Waals surface area contributed by atoms with Crippen molar-refractivity contribution >= 4 is 50.8 Å². The number of benzene rings is 1. The molecule has 1 aromatic carbocycles. The molecule has 3 aromatic heterocycles. The number of hydrogen-bond acceptors (Lipinski definition) is 7. The van der Waals surface area contributed by atoms with E-state index in [1.54, 1.807) is 24.6 Å². The second-order valence-corrected chi connectivity index (χ2v) is 9.00. The van der Waals surface area contributed by atoms with Crippen LogP contribution in [0.15, 0.2) is 47.5 Å². The first kappa shape index (κ1) is 26.3. The van der Waals surface area contributed by atoms with Crippen molar-refractivity contribution in [2.24, 2.45) is 0 Å². The molecule has 194 valence electrons. The minimum atomic E-state index is -4.64. The maximum Gasteiger partial charge on any atom is 0.434 e. The molecule has 14 heteroatoms. The summed E-state index contributed by atoms with van der Waals surface area (Å²) in [6.07, 6.45) is 0.307. The van der Waals surface area contributed by atoms with Crippen LogP contribution in [0.2, 0.25) is 0 Å². The summed E-state index contributed by atoms with van der Waals surface area (Å²) in [5.74, 6) is -0.636. The number of rotatable bonds is 9. The number of anilines is 1. The van der Waals surface area contributed by atoms with Gasteiger partial charge in [0.05, 0.1) is 11.5 Å². The predicted molar refractivity (Wildman–Crippen MR) is 130 cm³/mol. The molecule has 0 radical (unpaired) electrons. The second kappa shape index (κ2) is 10.7. The van der Waals surface area contributed by atoms with Gasteiger partial charge in [-0.2, -0.15) is 22.0 Å². The van der Waals surface area contributed by atoms with E-state index in [9.17, 15) is 26.7 Å². The zero-order valence-electron chi connectivity index (χ0n) is 18.9. The number of hydrogen-bond donors (Lipinski definition) is 1. The minimum absolute atomic E-state index is 0.000360. The highest BCUT2D eigenvalue weighted by Gasteiger charge is 2.34. The van der Waals surface area contributed by atoms with Crippen molar-refractivity contribution in [1.29, 1.82) is 0 Å². The van der Waals surface area contributed by atoms with Gasteiger partial charge in [-0.1, -0.05) is 25.6 Å². The molecule has 0 spiro atoms. The first-order valence-corrected chi connectivity index (χ1v) is 12.2. The van der Waals surface area contributed by atoms with Gasteiger partial charge in [-0.15, -0.1) is 22.7 Å². The molecule has 0 fully saturated rings. The van der Waals surface area contributed by atoms with Gasteiger partial charge in [0.1, 0.15) is 5.69 Å². The zero-order chi connectivity index (χ0) is 26.7. The van der Waals surface area contributed by atoms with Gasteiger partial charge in [0.2, 0.25) is 0 Å². The van der Waals surface area contributed by atoms with E-state index < -0.39 is 24.4 Å². The Kier molecular flexibility index (Phi) is 7.59. The standard InChI is InChI=1S/C23H17F5N4O3S2/c1-3-12(2)34-18-13(5-4-6-15(18)35-20(24)25)7-8-14-17(32-9-10-36-22(32)29-14)19(33)31-21-30-16(11-37-21)23(26,27)28/h4-11,20H,2-3H2,1H3,(H,30,31,33)/b8-7+. The number of thiazole rings is 2. The number of para-hydroxylation sites is 1. The van der Waals surface area contributed by atoms with E-state index >= 15 is 0 Å². The molecule has 3 heterocycles. The lowest BCUT2D eigenvalue weighted by atomic mass is 10.1. The maximum absolute atomic E-state index is 13.0. The van der Waals surface area contributed by atoms with Crippen LogP contribution in [0.25, 0.3) is 17.1 Å². The SMILES string of the molecule is C=C(CC)Oc1c(/C=C/c2nc3sccn3c2C(=O)Nc2nc(C(F)(F)F)cs2)cccc1OC(F)F. The molecule has 1 N–H and O–H groups in total. The third-order valence-corrected chi connectivity index (χ3v) is 6.32. The average Bonchev–Trinajstić information content (AvgIpc) is 3.54. The minimum Gasteiger partial charge on any atom is -0.458 e. The van der Waals surface area contributed by atoms with Crippen LogP contribution < -0.4 is 14.8 Å². The Morgan fingerprint density at radius 1 is 1.24 bits per heavy atom. The first-order chi connectivity index (χ1) is 17.6.